The molecule has 2 heterocycles. The second-order valence-electron chi connectivity index (χ2n) is 4.53. The number of aromatic nitrogens is 2. The maximum atomic E-state index is 12.1. The van der Waals surface area contributed by atoms with E-state index in [1.54, 1.807) is 30.6 Å². The van der Waals surface area contributed by atoms with E-state index in [0.29, 0.717) is 11.3 Å². The van der Waals surface area contributed by atoms with Crippen molar-refractivity contribution < 1.29 is 4.79 Å². The summed E-state index contributed by atoms with van der Waals surface area (Å²) in [6.45, 7) is 7.47. The van der Waals surface area contributed by atoms with Gasteiger partial charge < -0.3 is 5.32 Å². The Morgan fingerprint density at radius 2 is 2.10 bits per heavy atom. The van der Waals surface area contributed by atoms with Crippen LogP contribution in [0.2, 0.25) is 0 Å². The van der Waals surface area contributed by atoms with Crippen molar-refractivity contribution in [1.82, 2.24) is 9.97 Å². The van der Waals surface area contributed by atoms with Gasteiger partial charge in [-0.25, -0.2) is 0 Å². The zero-order valence-electron chi connectivity index (χ0n) is 12.1. The van der Waals surface area contributed by atoms with E-state index >= 15 is 0 Å². The Hall–Kier alpha value is -2.75. The molecule has 4 heteroatoms. The first-order valence-electron chi connectivity index (χ1n) is 6.63. The average molecular weight is 279 g/mol. The molecule has 2 aromatic heterocycles. The van der Waals surface area contributed by atoms with Crippen molar-refractivity contribution in [3.05, 3.63) is 65.1 Å². The summed E-state index contributed by atoms with van der Waals surface area (Å²) in [5.41, 5.74) is 2.04. The van der Waals surface area contributed by atoms with Crippen molar-refractivity contribution in [1.29, 1.82) is 0 Å². The number of allylic oxidation sites excluding steroid dienone is 1. The highest BCUT2D eigenvalue weighted by Crippen LogP contribution is 2.05. The van der Waals surface area contributed by atoms with E-state index in [9.17, 15) is 4.79 Å². The van der Waals surface area contributed by atoms with E-state index in [2.05, 4.69) is 21.9 Å². The number of pyridine rings is 2. The smallest absolute Gasteiger partial charge is 0.257 e. The fourth-order valence-electron chi connectivity index (χ4n) is 1.85. The molecule has 0 bridgehead atoms. The summed E-state index contributed by atoms with van der Waals surface area (Å²) in [5, 5.41) is 4.58. The van der Waals surface area contributed by atoms with Crippen LogP contribution < -0.4 is 15.9 Å². The minimum Gasteiger partial charge on any atom is -0.321 e. The molecular formula is C17H17N3O. The van der Waals surface area contributed by atoms with E-state index in [4.69, 9.17) is 0 Å². The molecule has 1 N–H and O–H groups in total. The van der Waals surface area contributed by atoms with Crippen LogP contribution in [0.3, 0.4) is 0 Å². The largest absolute Gasteiger partial charge is 0.321 e. The Morgan fingerprint density at radius 1 is 1.29 bits per heavy atom. The SMILES string of the molecule is C=C/C=c1/ncc(NC(=O)c2ccc(C)nc2)c/c1=C/C. The lowest BCUT2D eigenvalue weighted by Gasteiger charge is -2.05. The molecule has 0 aromatic carbocycles. The summed E-state index contributed by atoms with van der Waals surface area (Å²) in [5.74, 6) is -0.202. The van der Waals surface area contributed by atoms with Crippen LogP contribution in [0.5, 0.6) is 0 Å². The third-order valence-electron chi connectivity index (χ3n) is 2.97. The third-order valence-corrected chi connectivity index (χ3v) is 2.97. The van der Waals surface area contributed by atoms with E-state index in [1.165, 1.54) is 0 Å². The van der Waals surface area contributed by atoms with Crippen LogP contribution in [0.15, 0.2) is 43.2 Å². The minimum atomic E-state index is -0.202. The van der Waals surface area contributed by atoms with Crippen LogP contribution in [-0.4, -0.2) is 15.9 Å². The molecule has 2 rings (SSSR count). The molecule has 0 saturated heterocycles. The van der Waals surface area contributed by atoms with Crippen LogP contribution in [0.1, 0.15) is 23.0 Å². The number of carbonyl (C=O) groups excluding carboxylic acids is 1. The summed E-state index contributed by atoms with van der Waals surface area (Å²) < 4.78 is 0. The first kappa shape index (κ1) is 14.7. The molecule has 0 atom stereocenters. The highest BCUT2D eigenvalue weighted by molar-refractivity contribution is 6.03. The number of hydrogen-bond acceptors (Lipinski definition) is 3. The summed E-state index contributed by atoms with van der Waals surface area (Å²) >= 11 is 0. The Balaban J connectivity index is 2.28. The third kappa shape index (κ3) is 3.63. The molecule has 0 spiro atoms. The number of amides is 1. The second kappa shape index (κ2) is 6.61. The number of rotatable bonds is 3. The summed E-state index contributed by atoms with van der Waals surface area (Å²) in [6.07, 6.45) is 8.63. The monoisotopic (exact) mass is 279 g/mol. The Kier molecular flexibility index (Phi) is 4.61. The van der Waals surface area contributed by atoms with Gasteiger partial charge in [0.05, 0.1) is 22.8 Å². The first-order valence-corrected chi connectivity index (χ1v) is 6.63. The predicted molar refractivity (Wildman–Crippen MR) is 85.2 cm³/mol. The van der Waals surface area contributed by atoms with Gasteiger partial charge >= 0.3 is 0 Å². The van der Waals surface area contributed by atoms with Crippen molar-refractivity contribution in [3.8, 4) is 0 Å². The molecule has 2 aromatic rings. The Bertz CT molecular complexity index is 777. The highest BCUT2D eigenvalue weighted by atomic mass is 16.1. The second-order valence-corrected chi connectivity index (χ2v) is 4.53. The topological polar surface area (TPSA) is 54.9 Å². The van der Waals surface area contributed by atoms with Gasteiger partial charge in [-0.2, -0.15) is 0 Å². The zero-order chi connectivity index (χ0) is 15.2. The molecule has 0 aliphatic rings. The van der Waals surface area contributed by atoms with Gasteiger partial charge in [0.25, 0.3) is 5.91 Å². The standard InChI is InChI=1S/C17H17N3O/c1-4-6-16-13(5-2)9-15(11-19-16)20-17(21)14-8-7-12(3)18-10-14/h4-11H,1H2,2-3H3,(H,20,21)/b13-5-,16-6+. The Morgan fingerprint density at radius 3 is 2.71 bits per heavy atom. The van der Waals surface area contributed by atoms with E-state index in [1.807, 2.05) is 32.1 Å². The molecule has 106 valence electrons. The van der Waals surface area contributed by atoms with Crippen LogP contribution >= 0.6 is 0 Å². The number of anilines is 1. The van der Waals surface area contributed by atoms with Gasteiger partial charge in [0.1, 0.15) is 0 Å². The van der Waals surface area contributed by atoms with Crippen LogP contribution in [0.25, 0.3) is 12.2 Å². The molecule has 0 aliphatic heterocycles. The lowest BCUT2D eigenvalue weighted by atomic mass is 10.2. The van der Waals surface area contributed by atoms with E-state index in [-0.39, 0.29) is 5.91 Å². The molecule has 0 radical (unpaired) electrons. The fraction of sp³-hybridized carbons (Fsp3) is 0.118. The molecule has 21 heavy (non-hydrogen) atoms. The zero-order valence-corrected chi connectivity index (χ0v) is 12.1. The summed E-state index contributed by atoms with van der Waals surface area (Å²) in [7, 11) is 0. The van der Waals surface area contributed by atoms with Crippen molar-refractivity contribution in [3.63, 3.8) is 0 Å². The van der Waals surface area contributed by atoms with Crippen LogP contribution in [0.4, 0.5) is 5.69 Å². The van der Waals surface area contributed by atoms with Crippen molar-refractivity contribution in [2.45, 2.75) is 13.8 Å². The summed E-state index contributed by atoms with van der Waals surface area (Å²) in [6, 6.07) is 5.43. The van der Waals surface area contributed by atoms with Gasteiger partial charge in [-0.15, -0.1) is 0 Å². The van der Waals surface area contributed by atoms with Crippen molar-refractivity contribution in [2.24, 2.45) is 0 Å². The van der Waals surface area contributed by atoms with Gasteiger partial charge in [0.15, 0.2) is 0 Å². The molecule has 0 saturated carbocycles. The van der Waals surface area contributed by atoms with Gasteiger partial charge in [0.2, 0.25) is 0 Å². The Labute approximate surface area is 123 Å². The van der Waals surface area contributed by atoms with Gasteiger partial charge in [0, 0.05) is 11.9 Å². The molecular weight excluding hydrogens is 262 g/mol. The fourth-order valence-corrected chi connectivity index (χ4v) is 1.85. The normalized spacial score (nSPS) is 12.3. The number of carbonyl (C=O) groups is 1. The average Bonchev–Trinajstić information content (AvgIpc) is 2.49. The maximum absolute atomic E-state index is 12.1. The van der Waals surface area contributed by atoms with Crippen molar-refractivity contribution >= 4 is 23.7 Å². The molecule has 0 fully saturated rings. The first-order chi connectivity index (χ1) is 10.1. The maximum Gasteiger partial charge on any atom is 0.257 e. The number of nitrogens with one attached hydrogen (secondary N) is 1. The molecule has 0 aliphatic carbocycles. The van der Waals surface area contributed by atoms with Gasteiger partial charge in [-0.3, -0.25) is 14.8 Å². The quantitative estimate of drug-likeness (QED) is 0.932. The number of hydrogen-bond donors (Lipinski definition) is 1. The van der Waals surface area contributed by atoms with Crippen molar-refractivity contribution in [2.75, 3.05) is 5.32 Å². The lowest BCUT2D eigenvalue weighted by Crippen LogP contribution is -2.28. The highest BCUT2D eigenvalue weighted by Gasteiger charge is 2.06. The van der Waals surface area contributed by atoms with E-state index in [0.717, 1.165) is 16.3 Å². The predicted octanol–water partition coefficient (Wildman–Crippen LogP) is 1.80. The van der Waals surface area contributed by atoms with Crippen LogP contribution in [0, 0.1) is 6.92 Å². The molecule has 4 nitrogen and oxygen atoms in total. The molecule has 1 amide bonds. The lowest BCUT2D eigenvalue weighted by molar-refractivity contribution is 0.102. The number of aryl methyl sites for hydroxylation is 1. The van der Waals surface area contributed by atoms with Gasteiger partial charge in [-0.05, 0) is 43.3 Å². The molecule has 0 unspecified atom stereocenters. The van der Waals surface area contributed by atoms with Gasteiger partial charge in [-0.1, -0.05) is 18.7 Å². The van der Waals surface area contributed by atoms with E-state index < -0.39 is 0 Å². The summed E-state index contributed by atoms with van der Waals surface area (Å²) in [4.78, 5) is 20.5. The van der Waals surface area contributed by atoms with Crippen LogP contribution in [-0.2, 0) is 0 Å². The number of nitrogens with zero attached hydrogens (tertiary/aromatic N) is 2. The minimum absolute atomic E-state index is 0.202.